The van der Waals surface area contributed by atoms with Crippen molar-refractivity contribution in [3.8, 4) is 0 Å². The Labute approximate surface area is 75.5 Å². The summed E-state index contributed by atoms with van der Waals surface area (Å²) in [7, 11) is 0. The summed E-state index contributed by atoms with van der Waals surface area (Å²) in [5.41, 5.74) is 0. The minimum atomic E-state index is -1.16. The van der Waals surface area contributed by atoms with Gasteiger partial charge in [-0.1, -0.05) is 0 Å². The quantitative estimate of drug-likeness (QED) is 0.438. The minimum absolute atomic E-state index is 0.00620. The third-order valence-corrected chi connectivity index (χ3v) is 1.95. The molecule has 0 bridgehead atoms. The molecule has 0 aromatic heterocycles. The summed E-state index contributed by atoms with van der Waals surface area (Å²) in [6.07, 6.45) is -0.00620. The van der Waals surface area contributed by atoms with Crippen molar-refractivity contribution in [2.75, 3.05) is 6.61 Å². The second-order valence-electron chi connectivity index (χ2n) is 2.32. The Kier molecular flexibility index (Phi) is 4.87. The maximum atomic E-state index is 10.7. The van der Waals surface area contributed by atoms with Crippen molar-refractivity contribution in [3.05, 3.63) is 0 Å². The van der Waals surface area contributed by atoms with Crippen LogP contribution >= 0.6 is 0 Å². The molecule has 0 saturated carbocycles. The average Bonchev–Trinajstić information content (AvgIpc) is 1.98. The van der Waals surface area contributed by atoms with E-state index in [-0.39, 0.29) is 17.3 Å². The zero-order valence-electron chi connectivity index (χ0n) is 6.61. The first kappa shape index (κ1) is 11.4. The molecule has 0 aliphatic rings. The van der Waals surface area contributed by atoms with Gasteiger partial charge in [-0.15, -0.1) is 0 Å². The monoisotopic (exact) mass is 193 g/mol. The van der Waals surface area contributed by atoms with Crippen LogP contribution in [0.3, 0.4) is 0 Å². The molecule has 6 heteroatoms. The van der Waals surface area contributed by atoms with E-state index in [2.05, 4.69) is 12.8 Å². The summed E-state index contributed by atoms with van der Waals surface area (Å²) < 4.78 is -0.128. The van der Waals surface area contributed by atoms with E-state index < -0.39 is 17.9 Å². The van der Waals surface area contributed by atoms with Crippen LogP contribution in [0.4, 0.5) is 0 Å². The molecule has 0 heterocycles. The number of carbonyl (C=O) groups excluding carboxylic acids is 1. The van der Waals surface area contributed by atoms with Gasteiger partial charge in [0.25, 0.3) is 5.91 Å². The van der Waals surface area contributed by atoms with Crippen LogP contribution in [0.1, 0.15) is 13.3 Å². The number of nitrogens with one attached hydrogen (secondary N) is 1. The van der Waals surface area contributed by atoms with Crippen molar-refractivity contribution in [1.29, 1.82) is 0 Å². The van der Waals surface area contributed by atoms with Gasteiger partial charge >= 0.3 is 5.97 Å². The van der Waals surface area contributed by atoms with Crippen molar-refractivity contribution >= 4 is 24.7 Å². The second kappa shape index (κ2) is 5.13. The number of aliphatic hydroxyl groups excluding tert-OH is 1. The third kappa shape index (κ3) is 3.21. The Morgan fingerprint density at radius 2 is 2.08 bits per heavy atom. The van der Waals surface area contributed by atoms with Crippen LogP contribution in [0, 0.1) is 0 Å². The topological polar surface area (TPSA) is 79.0 Å². The first-order valence-corrected chi connectivity index (χ1v) is 3.80. The maximum absolute atomic E-state index is 10.7. The molecule has 0 rings (SSSR count). The number of carbonyl (C=O) groups is 2. The van der Waals surface area contributed by atoms with E-state index in [0.717, 1.165) is 0 Å². The summed E-state index contributed by atoms with van der Waals surface area (Å²) in [6.45, 7) is 0.931. The molecule has 3 N–H and O–H groups in total. The first-order chi connectivity index (χ1) is 5.50. The van der Waals surface area contributed by atoms with Crippen molar-refractivity contribution < 1.29 is 24.1 Å². The van der Waals surface area contributed by atoms with Crippen molar-refractivity contribution in [2.24, 2.45) is 0 Å². The summed E-state index contributed by atoms with van der Waals surface area (Å²) in [4.78, 5) is 21.2. The summed E-state index contributed by atoms with van der Waals surface area (Å²) >= 11 is 4.60. The van der Waals surface area contributed by atoms with Gasteiger partial charge in [0.1, 0.15) is 0 Å². The molecule has 0 aliphatic heterocycles. The molecule has 0 aliphatic carbocycles. The SMILES string of the molecule is CC(=O)[NH+]([S-])[C@@H](CCO)C(=O)O. The molecular weight excluding hydrogens is 182 g/mol. The molecule has 0 aromatic carbocycles. The van der Waals surface area contributed by atoms with E-state index in [1.165, 1.54) is 6.92 Å². The van der Waals surface area contributed by atoms with E-state index in [1.54, 1.807) is 0 Å². The van der Waals surface area contributed by atoms with Gasteiger partial charge in [0.05, 0.1) is 6.92 Å². The largest absolute Gasteiger partial charge is 0.486 e. The molecule has 0 aromatic rings. The van der Waals surface area contributed by atoms with Crippen molar-refractivity contribution in [3.63, 3.8) is 0 Å². The number of aliphatic hydroxyl groups is 1. The number of carboxylic acid groups (broad SMARTS) is 1. The lowest BCUT2D eigenvalue weighted by atomic mass is 10.2. The molecule has 0 fully saturated rings. The van der Waals surface area contributed by atoms with Gasteiger partial charge < -0.3 is 27.3 Å². The Morgan fingerprint density at radius 1 is 1.58 bits per heavy atom. The van der Waals surface area contributed by atoms with Crippen LogP contribution in [0.25, 0.3) is 0 Å². The van der Waals surface area contributed by atoms with E-state index in [0.29, 0.717) is 0 Å². The van der Waals surface area contributed by atoms with E-state index in [1.807, 2.05) is 0 Å². The van der Waals surface area contributed by atoms with Gasteiger partial charge in [-0.05, 0) is 0 Å². The molecule has 1 unspecified atom stereocenters. The van der Waals surface area contributed by atoms with Crippen LogP contribution in [0.5, 0.6) is 0 Å². The summed E-state index contributed by atoms with van der Waals surface area (Å²) in [5, 5.41) is 17.1. The summed E-state index contributed by atoms with van der Waals surface area (Å²) in [6, 6.07) is -1.03. The molecule has 5 nitrogen and oxygen atoms in total. The maximum Gasteiger partial charge on any atom is 0.361 e. The van der Waals surface area contributed by atoms with Crippen LogP contribution in [-0.2, 0) is 22.4 Å². The van der Waals surface area contributed by atoms with Gasteiger partial charge in [0.15, 0.2) is 6.04 Å². The van der Waals surface area contributed by atoms with Gasteiger partial charge in [-0.25, -0.2) is 9.59 Å². The lowest BCUT2D eigenvalue weighted by molar-refractivity contribution is -0.690. The Bertz CT molecular complexity index is 184. The predicted octanol–water partition coefficient (Wildman–Crippen LogP) is -2.28. The van der Waals surface area contributed by atoms with Crippen LogP contribution < -0.4 is 4.31 Å². The van der Waals surface area contributed by atoms with Crippen LogP contribution in [0.15, 0.2) is 0 Å². The zero-order valence-corrected chi connectivity index (χ0v) is 7.43. The van der Waals surface area contributed by atoms with Crippen LogP contribution in [0.2, 0.25) is 0 Å². The molecule has 0 radical (unpaired) electrons. The normalized spacial score (nSPS) is 15.2. The highest BCUT2D eigenvalue weighted by Gasteiger charge is 2.24. The van der Waals surface area contributed by atoms with Gasteiger partial charge in [-0.3, -0.25) is 0 Å². The van der Waals surface area contributed by atoms with E-state index in [4.69, 9.17) is 10.2 Å². The minimum Gasteiger partial charge on any atom is -0.486 e. The molecule has 70 valence electrons. The number of carboxylic acids is 1. The fraction of sp³-hybridized carbons (Fsp3) is 0.667. The predicted molar refractivity (Wildman–Crippen MR) is 42.1 cm³/mol. The fourth-order valence-corrected chi connectivity index (χ4v) is 0.960. The number of rotatable bonds is 4. The number of amides is 1. The van der Waals surface area contributed by atoms with Gasteiger partial charge in [-0.2, -0.15) is 0 Å². The highest BCUT2D eigenvalue weighted by molar-refractivity contribution is 7.51. The highest BCUT2D eigenvalue weighted by Crippen LogP contribution is 1.85. The summed E-state index contributed by atoms with van der Waals surface area (Å²) in [5.74, 6) is -1.59. The molecule has 0 spiro atoms. The lowest BCUT2D eigenvalue weighted by Gasteiger charge is -2.25. The smallest absolute Gasteiger partial charge is 0.361 e. The molecule has 2 atom stereocenters. The lowest BCUT2D eigenvalue weighted by Crippen LogP contribution is -3.15. The molecular formula is C6H11NO4S. The number of hydrogen-bond donors (Lipinski definition) is 3. The number of hydrogen-bond acceptors (Lipinski definition) is 4. The Balaban J connectivity index is 4.28. The van der Waals surface area contributed by atoms with Crippen molar-refractivity contribution in [2.45, 2.75) is 19.4 Å². The third-order valence-electron chi connectivity index (χ3n) is 1.38. The van der Waals surface area contributed by atoms with E-state index in [9.17, 15) is 9.59 Å². The van der Waals surface area contributed by atoms with E-state index >= 15 is 0 Å². The highest BCUT2D eigenvalue weighted by atomic mass is 32.1. The van der Waals surface area contributed by atoms with Gasteiger partial charge in [0, 0.05) is 13.0 Å². The van der Waals surface area contributed by atoms with Crippen LogP contribution in [-0.4, -0.2) is 34.7 Å². The zero-order chi connectivity index (χ0) is 9.72. The second-order valence-corrected chi connectivity index (χ2v) is 2.76. The molecule has 12 heavy (non-hydrogen) atoms. The number of aliphatic carboxylic acids is 1. The number of quaternary nitrogens is 1. The van der Waals surface area contributed by atoms with Gasteiger partial charge in [0.2, 0.25) is 0 Å². The molecule has 1 amide bonds. The Morgan fingerprint density at radius 3 is 2.33 bits per heavy atom. The molecule has 0 saturated heterocycles. The Hall–Kier alpha value is -0.590. The first-order valence-electron chi connectivity index (χ1n) is 3.39. The average molecular weight is 193 g/mol. The standard InChI is InChI=1S/C6H11NO4S/c1-4(9)7(12)5(2-3-8)6(10)11/h5,7-8H,2-3H2,1H3,(H,10,11)/t5-/m0/s1. The fourth-order valence-electron chi connectivity index (χ4n) is 0.741. The van der Waals surface area contributed by atoms with Crippen molar-refractivity contribution in [1.82, 2.24) is 0 Å².